The fourth-order valence-corrected chi connectivity index (χ4v) is 5.93. The van der Waals surface area contributed by atoms with Gasteiger partial charge < -0.3 is 42.2 Å². The van der Waals surface area contributed by atoms with Crippen LogP contribution in [0.25, 0.3) is 0 Å². The van der Waals surface area contributed by atoms with Gasteiger partial charge in [-0.3, -0.25) is 9.59 Å². The number of guanidine groups is 2. The van der Waals surface area contributed by atoms with Crippen molar-refractivity contribution < 1.29 is 19.4 Å². The smallest absolute Gasteiger partial charge is 0.255 e. The van der Waals surface area contributed by atoms with Crippen LogP contribution in [-0.4, -0.2) is 83.3 Å². The van der Waals surface area contributed by atoms with Crippen molar-refractivity contribution in [3.63, 3.8) is 0 Å². The Balaban J connectivity index is 1.39. The van der Waals surface area contributed by atoms with Crippen LogP contribution in [0, 0.1) is 0 Å². The molecule has 1 fully saturated rings. The van der Waals surface area contributed by atoms with Gasteiger partial charge >= 0.3 is 0 Å². The topological polar surface area (TPSA) is 180 Å². The Morgan fingerprint density at radius 3 is 2.84 bits per heavy atom. The van der Waals surface area contributed by atoms with E-state index in [2.05, 4.69) is 39.8 Å². The van der Waals surface area contributed by atoms with E-state index in [0.717, 1.165) is 18.4 Å². The van der Waals surface area contributed by atoms with Gasteiger partial charge in [-0.1, -0.05) is 32.9 Å². The number of fused-ring (bicyclic) bond motifs is 1. The predicted molar refractivity (Wildman–Crippen MR) is 138 cm³/mol. The van der Waals surface area contributed by atoms with Crippen LogP contribution in [0.1, 0.15) is 56.0 Å². The number of carbonyl (C=O) groups is 2. The highest BCUT2D eigenvalue weighted by Crippen LogP contribution is 2.42. The standard InChI is InChI=1S/C25H36N8O4/c1-4-6-17(34)28-11-15-19-25(32-22(26)31-19)20(35)16(12-33(25)23(27)30-15)29-21(36)13-7-5-8-14-18(13)37-10-9-24(14,2)3/h5,7-8,15-16,19-20,35H,4,6,9-12H2,1-3H3,(H2,27,30)(H,28,34)(H,29,36)(H3,26,31,32)/t15-,16?,19?,20+,25?/m0/s1. The molecule has 0 saturated carbocycles. The zero-order valence-electron chi connectivity index (χ0n) is 21.5. The van der Waals surface area contributed by atoms with Gasteiger partial charge in [0.05, 0.1) is 24.3 Å². The van der Waals surface area contributed by atoms with Crippen molar-refractivity contribution in [2.75, 3.05) is 19.7 Å². The number of benzene rings is 1. The first-order valence-electron chi connectivity index (χ1n) is 12.8. The summed E-state index contributed by atoms with van der Waals surface area (Å²) in [5.41, 5.74) is 12.5. The SMILES string of the molecule is CCCC(=O)NC[C@@H]1N=C(N)N2CC(NC(=O)c3cccc4c3OCCC4(C)C)[C@@H](O)C23NC(N)=NC13. The van der Waals surface area contributed by atoms with E-state index in [1.165, 1.54) is 0 Å². The van der Waals surface area contributed by atoms with Gasteiger partial charge in [0.2, 0.25) is 5.91 Å². The average Bonchev–Trinajstić information content (AvgIpc) is 3.34. The Morgan fingerprint density at radius 2 is 2.08 bits per heavy atom. The monoisotopic (exact) mass is 512 g/mol. The lowest BCUT2D eigenvalue weighted by Gasteiger charge is -2.46. The van der Waals surface area contributed by atoms with E-state index < -0.39 is 29.9 Å². The number of rotatable bonds is 6. The predicted octanol–water partition coefficient (Wildman–Crippen LogP) is -0.882. The second-order valence-corrected chi connectivity index (χ2v) is 10.8. The maximum atomic E-state index is 13.5. The van der Waals surface area contributed by atoms with E-state index in [-0.39, 0.29) is 42.2 Å². The summed E-state index contributed by atoms with van der Waals surface area (Å²) in [6.45, 7) is 7.12. The number of ether oxygens (including phenoxy) is 1. The fraction of sp³-hybridized carbons (Fsp3) is 0.600. The lowest BCUT2D eigenvalue weighted by Crippen LogP contribution is -2.73. The number of aliphatic hydroxyl groups excluding tert-OH is 1. The average molecular weight is 513 g/mol. The summed E-state index contributed by atoms with van der Waals surface area (Å²) in [7, 11) is 0. The van der Waals surface area contributed by atoms with Gasteiger partial charge in [0, 0.05) is 25.1 Å². The third-order valence-electron chi connectivity index (χ3n) is 7.92. The van der Waals surface area contributed by atoms with Crippen molar-refractivity contribution in [3.05, 3.63) is 29.3 Å². The van der Waals surface area contributed by atoms with Crippen LogP contribution in [0.2, 0.25) is 0 Å². The molecule has 1 aromatic carbocycles. The van der Waals surface area contributed by atoms with Crippen molar-refractivity contribution in [2.24, 2.45) is 21.5 Å². The van der Waals surface area contributed by atoms with E-state index in [9.17, 15) is 14.7 Å². The number of nitrogens with one attached hydrogen (secondary N) is 3. The first-order chi connectivity index (χ1) is 17.6. The summed E-state index contributed by atoms with van der Waals surface area (Å²) >= 11 is 0. The number of aliphatic imine (C=N–C) groups is 2. The molecule has 5 rings (SSSR count). The van der Waals surface area contributed by atoms with E-state index >= 15 is 0 Å². The molecule has 200 valence electrons. The number of nitrogens with zero attached hydrogens (tertiary/aromatic N) is 3. The minimum absolute atomic E-state index is 0.0932. The molecule has 1 aromatic rings. The highest BCUT2D eigenvalue weighted by molar-refractivity contribution is 5.98. The quantitative estimate of drug-likeness (QED) is 0.284. The molecule has 12 heteroatoms. The molecule has 0 radical (unpaired) electrons. The Morgan fingerprint density at radius 1 is 1.30 bits per heavy atom. The number of para-hydroxylation sites is 1. The molecule has 0 aromatic heterocycles. The molecule has 4 heterocycles. The van der Waals surface area contributed by atoms with Gasteiger partial charge in [-0.05, 0) is 24.3 Å². The zero-order chi connectivity index (χ0) is 26.5. The molecule has 5 atom stereocenters. The highest BCUT2D eigenvalue weighted by Gasteiger charge is 2.65. The Labute approximate surface area is 215 Å². The zero-order valence-corrected chi connectivity index (χ0v) is 21.5. The molecule has 2 amide bonds. The third-order valence-corrected chi connectivity index (χ3v) is 7.92. The number of nitrogens with two attached hydrogens (primary N) is 2. The third kappa shape index (κ3) is 4.03. The number of aliphatic hydroxyl groups is 1. The maximum absolute atomic E-state index is 13.5. The van der Waals surface area contributed by atoms with E-state index in [4.69, 9.17) is 16.2 Å². The van der Waals surface area contributed by atoms with E-state index in [1.807, 2.05) is 19.1 Å². The number of hydrogen-bond acceptors (Lipinski definition) is 10. The van der Waals surface area contributed by atoms with Crippen molar-refractivity contribution in [3.8, 4) is 5.75 Å². The molecule has 4 aliphatic heterocycles. The molecule has 8 N–H and O–H groups in total. The summed E-state index contributed by atoms with van der Waals surface area (Å²) in [4.78, 5) is 36.3. The van der Waals surface area contributed by atoms with Gasteiger partial charge in [0.15, 0.2) is 17.6 Å². The lowest BCUT2D eigenvalue weighted by atomic mass is 9.79. The van der Waals surface area contributed by atoms with Gasteiger partial charge in [-0.15, -0.1) is 0 Å². The van der Waals surface area contributed by atoms with Crippen molar-refractivity contribution in [2.45, 2.75) is 75.3 Å². The van der Waals surface area contributed by atoms with Crippen LogP contribution < -0.4 is 32.2 Å². The molecule has 0 aliphatic carbocycles. The largest absolute Gasteiger partial charge is 0.492 e. The fourth-order valence-electron chi connectivity index (χ4n) is 5.93. The van der Waals surface area contributed by atoms with Crippen LogP contribution in [0.3, 0.4) is 0 Å². The Kier molecular flexibility index (Phi) is 6.17. The Bertz CT molecular complexity index is 1170. The summed E-state index contributed by atoms with van der Waals surface area (Å²) in [5, 5.41) is 20.6. The minimum Gasteiger partial charge on any atom is -0.492 e. The van der Waals surface area contributed by atoms with Crippen LogP contribution in [-0.2, 0) is 10.2 Å². The van der Waals surface area contributed by atoms with Crippen molar-refractivity contribution in [1.29, 1.82) is 0 Å². The van der Waals surface area contributed by atoms with E-state index in [1.54, 1.807) is 11.0 Å². The summed E-state index contributed by atoms with van der Waals surface area (Å²) in [6, 6.07) is 3.71. The van der Waals surface area contributed by atoms with Crippen LogP contribution >= 0.6 is 0 Å². The molecule has 4 aliphatic rings. The first kappa shape index (κ1) is 25.1. The van der Waals surface area contributed by atoms with Gasteiger partial charge in [-0.2, -0.15) is 0 Å². The normalized spacial score (nSPS) is 31.1. The molecule has 1 saturated heterocycles. The van der Waals surface area contributed by atoms with Crippen LogP contribution in [0.4, 0.5) is 0 Å². The van der Waals surface area contributed by atoms with Gasteiger partial charge in [0.1, 0.15) is 17.9 Å². The van der Waals surface area contributed by atoms with Gasteiger partial charge in [0.25, 0.3) is 5.91 Å². The second-order valence-electron chi connectivity index (χ2n) is 10.8. The highest BCUT2D eigenvalue weighted by atomic mass is 16.5. The molecule has 37 heavy (non-hydrogen) atoms. The summed E-state index contributed by atoms with van der Waals surface area (Å²) in [5.74, 6) is 0.458. The molecule has 1 spiro atoms. The summed E-state index contributed by atoms with van der Waals surface area (Å²) < 4.78 is 5.92. The second kappa shape index (κ2) is 9.09. The van der Waals surface area contributed by atoms with E-state index in [0.29, 0.717) is 24.3 Å². The molecular weight excluding hydrogens is 476 g/mol. The number of carbonyl (C=O) groups excluding carboxylic acids is 2. The maximum Gasteiger partial charge on any atom is 0.255 e. The molecule has 12 nitrogen and oxygen atoms in total. The van der Waals surface area contributed by atoms with Crippen LogP contribution in [0.15, 0.2) is 28.2 Å². The van der Waals surface area contributed by atoms with Gasteiger partial charge in [-0.25, -0.2) is 9.98 Å². The minimum atomic E-state index is -1.19. The van der Waals surface area contributed by atoms with Crippen LogP contribution in [0.5, 0.6) is 5.75 Å². The molecule has 0 bridgehead atoms. The molecule has 3 unspecified atom stereocenters. The van der Waals surface area contributed by atoms with Crippen molar-refractivity contribution >= 4 is 23.7 Å². The number of hydrogen-bond donors (Lipinski definition) is 6. The summed E-state index contributed by atoms with van der Waals surface area (Å²) in [6.07, 6.45) is 0.865. The lowest BCUT2D eigenvalue weighted by molar-refractivity contribution is -0.121. The van der Waals surface area contributed by atoms with Crippen molar-refractivity contribution in [1.82, 2.24) is 20.9 Å². The molecular formula is C25H36N8O4. The first-order valence-corrected chi connectivity index (χ1v) is 12.8. The Hall–Kier alpha value is -3.54. The number of amides is 2.